The molecule has 0 aromatic rings. The van der Waals surface area contributed by atoms with E-state index in [4.69, 9.17) is 4.74 Å². The third kappa shape index (κ3) is 4.65. The molecule has 0 aromatic heterocycles. The zero-order chi connectivity index (χ0) is 15.5. The van der Waals surface area contributed by atoms with E-state index in [1.54, 1.807) is 0 Å². The average Bonchev–Trinajstić information content (AvgIpc) is 2.44. The van der Waals surface area contributed by atoms with E-state index in [2.05, 4.69) is 24.1 Å². The molecule has 0 spiro atoms. The van der Waals surface area contributed by atoms with Gasteiger partial charge in [0.15, 0.2) is 9.84 Å². The van der Waals surface area contributed by atoms with Crippen LogP contribution in [0.5, 0.6) is 0 Å². The van der Waals surface area contributed by atoms with Crippen LogP contribution in [0.2, 0.25) is 0 Å². The van der Waals surface area contributed by atoms with Gasteiger partial charge in [0.1, 0.15) is 0 Å². The zero-order valence-corrected chi connectivity index (χ0v) is 14.4. The van der Waals surface area contributed by atoms with Crippen molar-refractivity contribution >= 4 is 9.84 Å². The Morgan fingerprint density at radius 1 is 1.33 bits per heavy atom. The number of sulfone groups is 1. The quantitative estimate of drug-likeness (QED) is 0.821. The molecule has 124 valence electrons. The minimum atomic E-state index is -2.95. The van der Waals surface area contributed by atoms with E-state index in [9.17, 15) is 8.42 Å². The van der Waals surface area contributed by atoms with Crippen molar-refractivity contribution in [1.82, 2.24) is 10.2 Å². The average molecular weight is 318 g/mol. The van der Waals surface area contributed by atoms with Crippen molar-refractivity contribution in [3.05, 3.63) is 0 Å². The standard InChI is InChI=1S/C15H30N2O3S/c1-12(17-8-9-20-11-13(17)2)10-16-14-6-4-5-7-15(14)21(3,18)19/h12-16H,4-11H2,1-3H3. The lowest BCUT2D eigenvalue weighted by Crippen LogP contribution is -2.54. The summed E-state index contributed by atoms with van der Waals surface area (Å²) in [5.41, 5.74) is 0. The minimum Gasteiger partial charge on any atom is -0.379 e. The van der Waals surface area contributed by atoms with Crippen LogP contribution in [0.1, 0.15) is 39.5 Å². The Morgan fingerprint density at radius 2 is 2.05 bits per heavy atom. The molecular formula is C15H30N2O3S. The van der Waals surface area contributed by atoms with Gasteiger partial charge >= 0.3 is 0 Å². The molecular weight excluding hydrogens is 288 g/mol. The monoisotopic (exact) mass is 318 g/mol. The van der Waals surface area contributed by atoms with Gasteiger partial charge in [-0.15, -0.1) is 0 Å². The third-order valence-corrected chi connectivity index (χ3v) is 6.58. The van der Waals surface area contributed by atoms with Gasteiger partial charge in [-0.2, -0.15) is 0 Å². The lowest BCUT2D eigenvalue weighted by atomic mass is 9.94. The topological polar surface area (TPSA) is 58.6 Å². The Kier molecular flexibility index (Phi) is 6.05. The molecule has 0 aromatic carbocycles. The van der Waals surface area contributed by atoms with Crippen molar-refractivity contribution in [2.45, 2.75) is 62.9 Å². The summed E-state index contributed by atoms with van der Waals surface area (Å²) in [5.74, 6) is 0. The Hall–Kier alpha value is -0.170. The van der Waals surface area contributed by atoms with Crippen LogP contribution < -0.4 is 5.32 Å². The number of nitrogens with one attached hydrogen (secondary N) is 1. The molecule has 1 saturated carbocycles. The first-order valence-electron chi connectivity index (χ1n) is 8.15. The maximum Gasteiger partial charge on any atom is 0.151 e. The van der Waals surface area contributed by atoms with Crippen LogP contribution in [-0.2, 0) is 14.6 Å². The highest BCUT2D eigenvalue weighted by molar-refractivity contribution is 7.91. The first-order chi connectivity index (χ1) is 9.89. The SMILES string of the molecule is CC(CNC1CCCCC1S(C)(=O)=O)N1CCOCC1C. The molecule has 5 nitrogen and oxygen atoms in total. The summed E-state index contributed by atoms with van der Waals surface area (Å²) in [4.78, 5) is 2.45. The molecule has 1 saturated heterocycles. The fourth-order valence-electron chi connectivity index (χ4n) is 3.68. The van der Waals surface area contributed by atoms with E-state index in [1.807, 2.05) is 0 Å². The molecule has 4 atom stereocenters. The highest BCUT2D eigenvalue weighted by atomic mass is 32.2. The number of nitrogens with zero attached hydrogens (tertiary/aromatic N) is 1. The van der Waals surface area contributed by atoms with E-state index in [0.717, 1.165) is 52.0 Å². The summed E-state index contributed by atoms with van der Waals surface area (Å²) in [6, 6.07) is 0.964. The summed E-state index contributed by atoms with van der Waals surface area (Å²) in [7, 11) is -2.95. The maximum atomic E-state index is 11.9. The van der Waals surface area contributed by atoms with Crippen LogP contribution in [0.3, 0.4) is 0 Å². The smallest absolute Gasteiger partial charge is 0.151 e. The largest absolute Gasteiger partial charge is 0.379 e. The zero-order valence-electron chi connectivity index (χ0n) is 13.5. The number of rotatable bonds is 5. The summed E-state index contributed by atoms with van der Waals surface area (Å²) >= 11 is 0. The second-order valence-electron chi connectivity index (χ2n) is 6.68. The molecule has 0 radical (unpaired) electrons. The molecule has 21 heavy (non-hydrogen) atoms. The molecule has 1 N–H and O–H groups in total. The highest BCUT2D eigenvalue weighted by Crippen LogP contribution is 2.24. The van der Waals surface area contributed by atoms with Crippen LogP contribution in [0.25, 0.3) is 0 Å². The summed E-state index contributed by atoms with van der Waals surface area (Å²) in [6.07, 6.45) is 5.32. The first-order valence-corrected chi connectivity index (χ1v) is 10.1. The van der Waals surface area contributed by atoms with E-state index >= 15 is 0 Å². The van der Waals surface area contributed by atoms with Crippen molar-refractivity contribution in [1.29, 1.82) is 0 Å². The summed E-state index contributed by atoms with van der Waals surface area (Å²) in [5, 5.41) is 3.33. The van der Waals surface area contributed by atoms with Gasteiger partial charge in [-0.05, 0) is 26.7 Å². The van der Waals surface area contributed by atoms with E-state index < -0.39 is 9.84 Å². The Balaban J connectivity index is 1.88. The molecule has 1 heterocycles. The Labute approximate surface area is 129 Å². The van der Waals surface area contributed by atoms with Gasteiger partial charge in [0.25, 0.3) is 0 Å². The van der Waals surface area contributed by atoms with Crippen molar-refractivity contribution in [2.24, 2.45) is 0 Å². The highest BCUT2D eigenvalue weighted by Gasteiger charge is 2.33. The molecule has 0 amide bonds. The Morgan fingerprint density at radius 3 is 2.71 bits per heavy atom. The molecule has 4 unspecified atom stereocenters. The Bertz CT molecular complexity index is 427. The van der Waals surface area contributed by atoms with Crippen molar-refractivity contribution in [3.63, 3.8) is 0 Å². The lowest BCUT2D eigenvalue weighted by molar-refractivity contribution is -0.0186. The predicted octanol–water partition coefficient (Wildman–Crippen LogP) is 1.04. The molecule has 2 aliphatic rings. The van der Waals surface area contributed by atoms with Crippen LogP contribution in [0.4, 0.5) is 0 Å². The van der Waals surface area contributed by atoms with E-state index in [-0.39, 0.29) is 11.3 Å². The maximum absolute atomic E-state index is 11.9. The number of hydrogen-bond donors (Lipinski definition) is 1. The predicted molar refractivity (Wildman–Crippen MR) is 85.3 cm³/mol. The molecule has 6 heteroatoms. The van der Waals surface area contributed by atoms with Crippen molar-refractivity contribution < 1.29 is 13.2 Å². The van der Waals surface area contributed by atoms with Gasteiger partial charge in [-0.3, -0.25) is 4.90 Å². The van der Waals surface area contributed by atoms with Gasteiger partial charge in [-0.1, -0.05) is 12.8 Å². The van der Waals surface area contributed by atoms with Gasteiger partial charge in [-0.25, -0.2) is 8.42 Å². The number of hydrogen-bond acceptors (Lipinski definition) is 5. The fraction of sp³-hybridized carbons (Fsp3) is 1.00. The van der Waals surface area contributed by atoms with Crippen molar-refractivity contribution in [2.75, 3.05) is 32.6 Å². The fourth-order valence-corrected chi connectivity index (χ4v) is 5.10. The molecule has 1 aliphatic carbocycles. The first kappa shape index (κ1) is 17.2. The minimum absolute atomic E-state index is 0.118. The van der Waals surface area contributed by atoms with Gasteiger partial charge in [0, 0.05) is 37.5 Å². The summed E-state index contributed by atoms with van der Waals surface area (Å²) < 4.78 is 29.3. The molecule has 2 fully saturated rings. The van der Waals surface area contributed by atoms with Gasteiger partial charge in [0.2, 0.25) is 0 Å². The number of morpholine rings is 1. The second kappa shape index (κ2) is 7.40. The van der Waals surface area contributed by atoms with Gasteiger partial charge in [0.05, 0.1) is 18.5 Å². The normalized spacial score (nSPS) is 33.8. The lowest BCUT2D eigenvalue weighted by Gasteiger charge is -2.39. The van der Waals surface area contributed by atoms with Crippen LogP contribution >= 0.6 is 0 Å². The second-order valence-corrected chi connectivity index (χ2v) is 8.94. The van der Waals surface area contributed by atoms with Gasteiger partial charge < -0.3 is 10.1 Å². The summed E-state index contributed by atoms with van der Waals surface area (Å²) in [6.45, 7) is 7.80. The molecule has 0 bridgehead atoms. The molecule has 2 rings (SSSR count). The molecule has 1 aliphatic heterocycles. The van der Waals surface area contributed by atoms with Crippen LogP contribution in [0, 0.1) is 0 Å². The van der Waals surface area contributed by atoms with Crippen LogP contribution in [0.15, 0.2) is 0 Å². The number of ether oxygens (including phenoxy) is 1. The van der Waals surface area contributed by atoms with Crippen LogP contribution in [-0.4, -0.2) is 69.3 Å². The van der Waals surface area contributed by atoms with Crippen molar-refractivity contribution in [3.8, 4) is 0 Å². The third-order valence-electron chi connectivity index (χ3n) is 4.91. The van der Waals surface area contributed by atoms with E-state index in [0.29, 0.717) is 12.1 Å². The van der Waals surface area contributed by atoms with E-state index in [1.165, 1.54) is 6.26 Å².